The normalized spacial score (nSPS) is 11.9. The van der Waals surface area contributed by atoms with Crippen LogP contribution >= 0.6 is 0 Å². The number of aliphatic hydroxyl groups is 1. The van der Waals surface area contributed by atoms with Gasteiger partial charge in [-0.15, -0.1) is 0 Å². The Kier molecular flexibility index (Phi) is 6.92. The van der Waals surface area contributed by atoms with Crippen LogP contribution < -0.4 is 10.1 Å². The SMILES string of the molecule is CNC(CCOc1ccccc1CCO)C(=O)OC. The predicted molar refractivity (Wildman–Crippen MR) is 72.2 cm³/mol. The molecule has 0 radical (unpaired) electrons. The van der Waals surface area contributed by atoms with Gasteiger partial charge in [0.2, 0.25) is 0 Å². The van der Waals surface area contributed by atoms with Crippen LogP contribution in [0, 0.1) is 0 Å². The van der Waals surface area contributed by atoms with E-state index in [2.05, 4.69) is 10.1 Å². The Balaban J connectivity index is 2.50. The van der Waals surface area contributed by atoms with Crippen LogP contribution in [0.3, 0.4) is 0 Å². The summed E-state index contributed by atoms with van der Waals surface area (Å²) >= 11 is 0. The van der Waals surface area contributed by atoms with E-state index in [1.165, 1.54) is 7.11 Å². The average molecular weight is 267 g/mol. The van der Waals surface area contributed by atoms with Crippen molar-refractivity contribution in [2.45, 2.75) is 18.9 Å². The highest BCUT2D eigenvalue weighted by Crippen LogP contribution is 2.18. The summed E-state index contributed by atoms with van der Waals surface area (Å²) in [5, 5.41) is 11.9. The lowest BCUT2D eigenvalue weighted by atomic mass is 10.1. The predicted octanol–water partition coefficient (Wildman–Crippen LogP) is 0.751. The second kappa shape index (κ2) is 8.50. The molecule has 0 fully saturated rings. The highest BCUT2D eigenvalue weighted by Gasteiger charge is 2.16. The Morgan fingerprint density at radius 3 is 2.79 bits per heavy atom. The van der Waals surface area contributed by atoms with Gasteiger partial charge in [-0.1, -0.05) is 18.2 Å². The second-order valence-electron chi connectivity index (χ2n) is 4.08. The molecule has 0 saturated carbocycles. The Hall–Kier alpha value is -1.59. The third-order valence-electron chi connectivity index (χ3n) is 2.85. The van der Waals surface area contributed by atoms with Gasteiger partial charge >= 0.3 is 5.97 Å². The minimum Gasteiger partial charge on any atom is -0.493 e. The van der Waals surface area contributed by atoms with Crippen LogP contribution in [0.5, 0.6) is 5.75 Å². The van der Waals surface area contributed by atoms with Gasteiger partial charge in [-0.2, -0.15) is 0 Å². The van der Waals surface area contributed by atoms with Crippen molar-refractivity contribution in [2.75, 3.05) is 27.4 Å². The van der Waals surface area contributed by atoms with E-state index in [9.17, 15) is 4.79 Å². The smallest absolute Gasteiger partial charge is 0.322 e. The quantitative estimate of drug-likeness (QED) is 0.680. The number of nitrogens with one attached hydrogen (secondary N) is 1. The Morgan fingerprint density at radius 2 is 2.16 bits per heavy atom. The van der Waals surface area contributed by atoms with Crippen LogP contribution in [0.2, 0.25) is 0 Å². The van der Waals surface area contributed by atoms with Crippen molar-refractivity contribution in [3.8, 4) is 5.75 Å². The number of carbonyl (C=O) groups is 1. The first-order chi connectivity index (χ1) is 9.22. The molecule has 1 unspecified atom stereocenters. The number of esters is 1. The van der Waals surface area contributed by atoms with Gasteiger partial charge < -0.3 is 19.9 Å². The number of ether oxygens (including phenoxy) is 2. The van der Waals surface area contributed by atoms with Crippen molar-refractivity contribution in [3.63, 3.8) is 0 Å². The van der Waals surface area contributed by atoms with E-state index >= 15 is 0 Å². The topological polar surface area (TPSA) is 67.8 Å². The molecule has 0 heterocycles. The number of aliphatic hydroxyl groups excluding tert-OH is 1. The number of methoxy groups -OCH3 is 1. The van der Waals surface area contributed by atoms with E-state index in [-0.39, 0.29) is 18.6 Å². The number of para-hydroxylation sites is 1. The van der Waals surface area contributed by atoms with E-state index in [0.717, 1.165) is 11.3 Å². The molecule has 1 rings (SSSR count). The first-order valence-corrected chi connectivity index (χ1v) is 6.29. The molecule has 0 aliphatic carbocycles. The summed E-state index contributed by atoms with van der Waals surface area (Å²) in [5.74, 6) is 0.450. The molecule has 1 aromatic carbocycles. The Morgan fingerprint density at radius 1 is 1.42 bits per heavy atom. The van der Waals surface area contributed by atoms with Crippen molar-refractivity contribution in [1.29, 1.82) is 0 Å². The Bertz CT molecular complexity index is 395. The van der Waals surface area contributed by atoms with Crippen LogP contribution in [0.25, 0.3) is 0 Å². The molecule has 0 bridgehead atoms. The monoisotopic (exact) mass is 267 g/mol. The molecule has 1 atom stereocenters. The minimum absolute atomic E-state index is 0.0850. The molecule has 0 amide bonds. The van der Waals surface area contributed by atoms with E-state index in [0.29, 0.717) is 19.4 Å². The molecule has 0 aromatic heterocycles. The Labute approximate surface area is 113 Å². The van der Waals surface area contributed by atoms with Crippen molar-refractivity contribution < 1.29 is 19.4 Å². The second-order valence-corrected chi connectivity index (χ2v) is 4.08. The number of likely N-dealkylation sites (N-methyl/N-ethyl adjacent to an activating group) is 1. The number of carbonyl (C=O) groups excluding carboxylic acids is 1. The third-order valence-corrected chi connectivity index (χ3v) is 2.85. The molecule has 19 heavy (non-hydrogen) atoms. The largest absolute Gasteiger partial charge is 0.493 e. The molecule has 106 valence electrons. The first-order valence-electron chi connectivity index (χ1n) is 6.29. The van der Waals surface area contributed by atoms with Gasteiger partial charge in [-0.25, -0.2) is 0 Å². The summed E-state index contributed by atoms with van der Waals surface area (Å²) < 4.78 is 10.3. The molecule has 5 nitrogen and oxygen atoms in total. The zero-order valence-corrected chi connectivity index (χ0v) is 11.4. The summed E-state index contributed by atoms with van der Waals surface area (Å²) in [6.45, 7) is 0.491. The molecule has 1 aromatic rings. The van der Waals surface area contributed by atoms with Crippen molar-refractivity contribution >= 4 is 5.97 Å². The van der Waals surface area contributed by atoms with E-state index < -0.39 is 0 Å². The lowest BCUT2D eigenvalue weighted by Crippen LogP contribution is -2.36. The first kappa shape index (κ1) is 15.5. The van der Waals surface area contributed by atoms with Gasteiger partial charge in [-0.05, 0) is 25.1 Å². The summed E-state index contributed by atoms with van der Waals surface area (Å²) in [6.07, 6.45) is 1.08. The summed E-state index contributed by atoms with van der Waals surface area (Å²) in [5.41, 5.74) is 0.962. The maximum absolute atomic E-state index is 11.4. The fraction of sp³-hybridized carbons (Fsp3) is 0.500. The number of hydrogen-bond donors (Lipinski definition) is 2. The third kappa shape index (κ3) is 4.89. The van der Waals surface area contributed by atoms with Crippen molar-refractivity contribution in [2.24, 2.45) is 0 Å². The fourth-order valence-electron chi connectivity index (χ4n) is 1.78. The van der Waals surface area contributed by atoms with E-state index in [4.69, 9.17) is 9.84 Å². The molecule has 0 saturated heterocycles. The molecule has 5 heteroatoms. The van der Waals surface area contributed by atoms with Crippen LogP contribution in [0.15, 0.2) is 24.3 Å². The van der Waals surface area contributed by atoms with Gasteiger partial charge in [0.1, 0.15) is 11.8 Å². The molecular formula is C14H21NO4. The molecule has 2 N–H and O–H groups in total. The minimum atomic E-state index is -0.366. The van der Waals surface area contributed by atoms with Gasteiger partial charge in [0, 0.05) is 13.0 Å². The molecule has 0 aliphatic heterocycles. The van der Waals surface area contributed by atoms with Gasteiger partial charge in [-0.3, -0.25) is 4.79 Å². The van der Waals surface area contributed by atoms with Gasteiger partial charge in [0.15, 0.2) is 0 Å². The van der Waals surface area contributed by atoms with Crippen LogP contribution in [-0.4, -0.2) is 44.5 Å². The highest BCUT2D eigenvalue weighted by atomic mass is 16.5. The van der Waals surface area contributed by atoms with E-state index in [1.807, 2.05) is 24.3 Å². The fourth-order valence-corrected chi connectivity index (χ4v) is 1.78. The van der Waals surface area contributed by atoms with Crippen LogP contribution in [0.4, 0.5) is 0 Å². The average Bonchev–Trinajstić information content (AvgIpc) is 2.45. The zero-order valence-electron chi connectivity index (χ0n) is 11.4. The van der Waals surface area contributed by atoms with Gasteiger partial charge in [0.25, 0.3) is 0 Å². The highest BCUT2D eigenvalue weighted by molar-refractivity contribution is 5.75. The number of rotatable bonds is 8. The van der Waals surface area contributed by atoms with Crippen molar-refractivity contribution in [3.05, 3.63) is 29.8 Å². The summed E-state index contributed by atoms with van der Waals surface area (Å²) in [7, 11) is 3.07. The molecular weight excluding hydrogens is 246 g/mol. The summed E-state index contributed by atoms with van der Waals surface area (Å²) in [4.78, 5) is 11.4. The van der Waals surface area contributed by atoms with Crippen LogP contribution in [0.1, 0.15) is 12.0 Å². The number of benzene rings is 1. The zero-order chi connectivity index (χ0) is 14.1. The standard InChI is InChI=1S/C14H21NO4/c1-15-12(14(17)18-2)8-10-19-13-6-4-3-5-11(13)7-9-16/h3-6,12,15-16H,7-10H2,1-2H3. The lowest BCUT2D eigenvalue weighted by Gasteiger charge is -2.15. The van der Waals surface area contributed by atoms with Crippen LogP contribution in [-0.2, 0) is 16.0 Å². The summed E-state index contributed by atoms with van der Waals surface area (Å²) in [6, 6.07) is 7.20. The maximum atomic E-state index is 11.4. The molecule has 0 spiro atoms. The molecule has 0 aliphatic rings. The lowest BCUT2D eigenvalue weighted by molar-refractivity contribution is -0.143. The van der Waals surface area contributed by atoms with Gasteiger partial charge in [0.05, 0.1) is 13.7 Å². The number of hydrogen-bond acceptors (Lipinski definition) is 5. The van der Waals surface area contributed by atoms with E-state index in [1.54, 1.807) is 7.05 Å². The van der Waals surface area contributed by atoms with Crippen molar-refractivity contribution in [1.82, 2.24) is 5.32 Å². The maximum Gasteiger partial charge on any atom is 0.322 e.